The summed E-state index contributed by atoms with van der Waals surface area (Å²) in [5.41, 5.74) is 1.06. The van der Waals surface area contributed by atoms with Gasteiger partial charge in [-0.1, -0.05) is 42.5 Å². The van der Waals surface area contributed by atoms with Crippen LogP contribution in [0.4, 0.5) is 0 Å². The molecule has 0 spiro atoms. The molecular weight excluding hydrogens is 408 g/mol. The van der Waals surface area contributed by atoms with Gasteiger partial charge in [-0.05, 0) is 38.2 Å². The van der Waals surface area contributed by atoms with Gasteiger partial charge in [-0.15, -0.1) is 13.2 Å². The van der Waals surface area contributed by atoms with Crippen LogP contribution in [0.5, 0.6) is 0 Å². The van der Waals surface area contributed by atoms with Gasteiger partial charge in [-0.2, -0.15) is 0 Å². The number of nitrogens with one attached hydrogen (secondary N) is 2. The highest BCUT2D eigenvalue weighted by atomic mass is 16.5. The Morgan fingerprint density at radius 2 is 1.84 bits per heavy atom. The summed E-state index contributed by atoms with van der Waals surface area (Å²) in [7, 11) is 0. The van der Waals surface area contributed by atoms with E-state index in [0.29, 0.717) is 25.7 Å². The van der Waals surface area contributed by atoms with E-state index < -0.39 is 5.92 Å². The Morgan fingerprint density at radius 1 is 1.12 bits per heavy atom. The van der Waals surface area contributed by atoms with Gasteiger partial charge in [0.15, 0.2) is 0 Å². The highest BCUT2D eigenvalue weighted by Gasteiger charge is 2.22. The lowest BCUT2D eigenvalue weighted by Crippen LogP contribution is -2.39. The van der Waals surface area contributed by atoms with Gasteiger partial charge in [-0.25, -0.2) is 0 Å². The number of aliphatic hydroxyl groups excluding tert-OH is 1. The van der Waals surface area contributed by atoms with Crippen molar-refractivity contribution >= 4 is 17.8 Å². The number of amides is 2. The first-order chi connectivity index (χ1) is 15.4. The lowest BCUT2D eigenvalue weighted by molar-refractivity contribution is -0.149. The first-order valence-corrected chi connectivity index (χ1v) is 11.0. The summed E-state index contributed by atoms with van der Waals surface area (Å²) in [6.07, 6.45) is 5.64. The molecule has 0 fully saturated rings. The summed E-state index contributed by atoms with van der Waals surface area (Å²) in [4.78, 5) is 37.0. The van der Waals surface area contributed by atoms with Crippen molar-refractivity contribution in [2.75, 3.05) is 19.8 Å². The van der Waals surface area contributed by atoms with Crippen LogP contribution < -0.4 is 10.6 Å². The molecule has 0 saturated carbocycles. The van der Waals surface area contributed by atoms with E-state index in [4.69, 9.17) is 9.84 Å². The quantitative estimate of drug-likeness (QED) is 0.206. The summed E-state index contributed by atoms with van der Waals surface area (Å²) < 4.78 is 5.40. The molecule has 0 heterocycles. The van der Waals surface area contributed by atoms with E-state index in [9.17, 15) is 14.4 Å². The van der Waals surface area contributed by atoms with E-state index in [1.54, 1.807) is 19.1 Å². The molecule has 0 radical (unpaired) electrons. The maximum atomic E-state index is 12.6. The van der Waals surface area contributed by atoms with Crippen LogP contribution in [0.3, 0.4) is 0 Å². The van der Waals surface area contributed by atoms with Crippen LogP contribution in [0.25, 0.3) is 0 Å². The summed E-state index contributed by atoms with van der Waals surface area (Å²) in [5.74, 6) is -1.78. The van der Waals surface area contributed by atoms with Crippen molar-refractivity contribution in [3.63, 3.8) is 0 Å². The van der Waals surface area contributed by atoms with Crippen molar-refractivity contribution in [2.24, 2.45) is 11.8 Å². The maximum Gasteiger partial charge on any atom is 0.309 e. The van der Waals surface area contributed by atoms with Crippen LogP contribution >= 0.6 is 0 Å². The Balaban J connectivity index is 2.50. The van der Waals surface area contributed by atoms with E-state index in [2.05, 4.69) is 23.8 Å². The van der Waals surface area contributed by atoms with Gasteiger partial charge in [-0.3, -0.25) is 14.4 Å². The topological polar surface area (TPSA) is 105 Å². The van der Waals surface area contributed by atoms with Crippen molar-refractivity contribution in [1.82, 2.24) is 10.6 Å². The second-order valence-electron chi connectivity index (χ2n) is 7.79. The van der Waals surface area contributed by atoms with Crippen LogP contribution in [0.1, 0.15) is 38.2 Å². The van der Waals surface area contributed by atoms with Gasteiger partial charge < -0.3 is 20.5 Å². The molecule has 3 N–H and O–H groups in total. The number of carbonyl (C=O) groups excluding carboxylic acids is 3. The van der Waals surface area contributed by atoms with Crippen LogP contribution in [-0.4, -0.2) is 48.7 Å². The number of aliphatic hydroxyl groups is 1. The average molecular weight is 445 g/mol. The standard InChI is InChI=1S/C25H36N2O5/c1-4-6-13-22(16-20-11-8-7-9-12-20)25(31)32-15-14-26-24(30)21(10-5-2)17-23(29)27-19(3)18-28/h4-5,7-9,11-12,19,21-22,28H,1-2,6,10,13-18H2,3H3,(H,26,30)(H,27,29). The highest BCUT2D eigenvalue weighted by molar-refractivity contribution is 5.86. The average Bonchev–Trinajstić information content (AvgIpc) is 2.79. The Labute approximate surface area is 190 Å². The van der Waals surface area contributed by atoms with E-state index in [1.165, 1.54) is 0 Å². The largest absolute Gasteiger partial charge is 0.464 e. The fraction of sp³-hybridized carbons (Fsp3) is 0.480. The third kappa shape index (κ3) is 10.9. The molecule has 0 bridgehead atoms. The summed E-state index contributed by atoms with van der Waals surface area (Å²) in [6, 6.07) is 9.38. The van der Waals surface area contributed by atoms with Gasteiger partial charge in [0.2, 0.25) is 11.8 Å². The minimum Gasteiger partial charge on any atom is -0.464 e. The number of carbonyl (C=O) groups is 3. The maximum absolute atomic E-state index is 12.6. The molecule has 1 aromatic carbocycles. The fourth-order valence-corrected chi connectivity index (χ4v) is 3.20. The third-order valence-corrected chi connectivity index (χ3v) is 4.96. The van der Waals surface area contributed by atoms with Crippen LogP contribution in [0, 0.1) is 11.8 Å². The van der Waals surface area contributed by atoms with Crippen molar-refractivity contribution in [1.29, 1.82) is 0 Å². The lowest BCUT2D eigenvalue weighted by atomic mass is 9.95. The summed E-state index contributed by atoms with van der Waals surface area (Å²) in [5, 5.41) is 14.4. The Kier molecular flexibility index (Phi) is 13.4. The number of benzene rings is 1. The number of hydrogen-bond acceptors (Lipinski definition) is 5. The van der Waals surface area contributed by atoms with E-state index in [0.717, 1.165) is 5.56 Å². The zero-order valence-corrected chi connectivity index (χ0v) is 18.9. The molecule has 32 heavy (non-hydrogen) atoms. The fourth-order valence-electron chi connectivity index (χ4n) is 3.20. The smallest absolute Gasteiger partial charge is 0.309 e. The Hall–Kier alpha value is -2.93. The number of hydrogen-bond donors (Lipinski definition) is 3. The predicted molar refractivity (Wildman–Crippen MR) is 125 cm³/mol. The molecule has 0 aliphatic heterocycles. The van der Waals surface area contributed by atoms with Crippen LogP contribution in [0.2, 0.25) is 0 Å². The molecule has 7 heteroatoms. The first-order valence-electron chi connectivity index (χ1n) is 11.0. The van der Waals surface area contributed by atoms with Crippen molar-refractivity contribution in [3.05, 3.63) is 61.2 Å². The molecule has 1 rings (SSSR count). The molecule has 176 valence electrons. The molecule has 0 aromatic heterocycles. The molecule has 0 aliphatic carbocycles. The monoisotopic (exact) mass is 444 g/mol. The number of rotatable bonds is 16. The molecule has 3 unspecified atom stereocenters. The van der Waals surface area contributed by atoms with Crippen molar-refractivity contribution < 1.29 is 24.2 Å². The predicted octanol–water partition coefficient (Wildman–Crippen LogP) is 2.55. The minimum absolute atomic E-state index is 0.0112. The second kappa shape index (κ2) is 15.8. The van der Waals surface area contributed by atoms with Gasteiger partial charge in [0.1, 0.15) is 6.61 Å². The second-order valence-corrected chi connectivity index (χ2v) is 7.79. The Bertz CT molecular complexity index is 735. The number of ether oxygens (including phenoxy) is 1. The van der Waals surface area contributed by atoms with Crippen molar-refractivity contribution in [3.8, 4) is 0 Å². The zero-order chi connectivity index (χ0) is 23.8. The summed E-state index contributed by atoms with van der Waals surface area (Å²) >= 11 is 0. The first kappa shape index (κ1) is 27.1. The lowest BCUT2D eigenvalue weighted by Gasteiger charge is -2.18. The third-order valence-electron chi connectivity index (χ3n) is 4.96. The molecule has 0 saturated heterocycles. The van der Waals surface area contributed by atoms with Crippen molar-refractivity contribution in [2.45, 2.75) is 45.1 Å². The van der Waals surface area contributed by atoms with Gasteiger partial charge in [0, 0.05) is 12.5 Å². The molecule has 0 aliphatic rings. The SMILES string of the molecule is C=CCCC(Cc1ccccc1)C(=O)OCCNC(=O)C(CC=C)CC(=O)NC(C)CO. The molecule has 2 amide bonds. The van der Waals surface area contributed by atoms with Gasteiger partial charge >= 0.3 is 5.97 Å². The van der Waals surface area contributed by atoms with Crippen LogP contribution in [-0.2, 0) is 25.5 Å². The molecular formula is C25H36N2O5. The summed E-state index contributed by atoms with van der Waals surface area (Å²) in [6.45, 7) is 9.07. The number of esters is 1. The molecule has 1 aromatic rings. The highest BCUT2D eigenvalue weighted by Crippen LogP contribution is 2.16. The Morgan fingerprint density at radius 3 is 2.47 bits per heavy atom. The van der Waals surface area contributed by atoms with E-state index >= 15 is 0 Å². The molecule has 3 atom stereocenters. The molecule has 7 nitrogen and oxygen atoms in total. The normalized spacial score (nSPS) is 13.3. The van der Waals surface area contributed by atoms with E-state index in [-0.39, 0.29) is 55.9 Å². The zero-order valence-electron chi connectivity index (χ0n) is 18.9. The van der Waals surface area contributed by atoms with E-state index in [1.807, 2.05) is 30.3 Å². The number of allylic oxidation sites excluding steroid dienone is 2. The minimum atomic E-state index is -0.576. The van der Waals surface area contributed by atoms with Gasteiger partial charge in [0.25, 0.3) is 0 Å². The van der Waals surface area contributed by atoms with Gasteiger partial charge in [0.05, 0.1) is 25.0 Å². The van der Waals surface area contributed by atoms with Crippen LogP contribution in [0.15, 0.2) is 55.6 Å².